The molecule has 0 aliphatic heterocycles. The molecule has 0 bridgehead atoms. The zero-order valence-corrected chi connectivity index (χ0v) is 10.4. The minimum absolute atomic E-state index is 0.407. The van der Waals surface area contributed by atoms with Crippen LogP contribution in [0.15, 0.2) is 23.9 Å². The van der Waals surface area contributed by atoms with Gasteiger partial charge in [-0.2, -0.15) is 0 Å². The highest BCUT2D eigenvalue weighted by Gasteiger charge is 2.12. The molecule has 1 heterocycles. The molecule has 0 amide bonds. The first-order chi connectivity index (χ1) is 7.27. The fourth-order valence-electron chi connectivity index (χ4n) is 1.42. The number of nitrogens with one attached hydrogen (secondary N) is 1. The Labute approximate surface area is 96.4 Å². The number of aromatic nitrogens is 1. The number of rotatable bonds is 7. The van der Waals surface area contributed by atoms with Crippen molar-refractivity contribution in [3.8, 4) is 0 Å². The molecular formula is C12H20N2S. The van der Waals surface area contributed by atoms with E-state index in [9.17, 15) is 0 Å². The Morgan fingerprint density at radius 1 is 1.60 bits per heavy atom. The summed E-state index contributed by atoms with van der Waals surface area (Å²) in [5.41, 5.74) is 3.20. The van der Waals surface area contributed by atoms with Crippen molar-refractivity contribution >= 4 is 11.3 Å². The predicted molar refractivity (Wildman–Crippen MR) is 67.2 cm³/mol. The zero-order chi connectivity index (χ0) is 11.1. The molecule has 1 aromatic heterocycles. The maximum absolute atomic E-state index is 4.13. The van der Waals surface area contributed by atoms with Crippen LogP contribution in [0.4, 0.5) is 0 Å². The largest absolute Gasteiger partial charge is 0.309 e. The van der Waals surface area contributed by atoms with E-state index in [-0.39, 0.29) is 0 Å². The third-order valence-electron chi connectivity index (χ3n) is 2.43. The van der Waals surface area contributed by atoms with Crippen LogP contribution in [0.1, 0.15) is 44.0 Å². The maximum Gasteiger partial charge on any atom is 0.0794 e. The Morgan fingerprint density at radius 3 is 2.93 bits per heavy atom. The summed E-state index contributed by atoms with van der Waals surface area (Å²) in [5.74, 6) is 0. The molecule has 15 heavy (non-hydrogen) atoms. The van der Waals surface area contributed by atoms with E-state index in [0.29, 0.717) is 6.04 Å². The number of hydrogen-bond acceptors (Lipinski definition) is 3. The number of thiazole rings is 1. The summed E-state index contributed by atoms with van der Waals surface area (Å²) in [6.45, 7) is 9.47. The molecule has 0 aliphatic rings. The van der Waals surface area contributed by atoms with Gasteiger partial charge in [0.2, 0.25) is 0 Å². The van der Waals surface area contributed by atoms with Crippen LogP contribution in [0.3, 0.4) is 0 Å². The van der Waals surface area contributed by atoms with Gasteiger partial charge >= 0.3 is 0 Å². The highest BCUT2D eigenvalue weighted by atomic mass is 32.1. The monoisotopic (exact) mass is 224 g/mol. The minimum atomic E-state index is 0.407. The van der Waals surface area contributed by atoms with Crippen LogP contribution in [-0.4, -0.2) is 11.5 Å². The summed E-state index contributed by atoms with van der Waals surface area (Å²) in [6, 6.07) is 0.407. The van der Waals surface area contributed by atoms with Crippen molar-refractivity contribution < 1.29 is 0 Å². The zero-order valence-electron chi connectivity index (χ0n) is 9.62. The van der Waals surface area contributed by atoms with E-state index in [1.165, 1.54) is 10.5 Å². The van der Waals surface area contributed by atoms with Crippen LogP contribution >= 0.6 is 11.3 Å². The van der Waals surface area contributed by atoms with E-state index in [4.69, 9.17) is 0 Å². The molecule has 0 aromatic carbocycles. The van der Waals surface area contributed by atoms with Crippen molar-refractivity contribution in [3.05, 3.63) is 28.7 Å². The van der Waals surface area contributed by atoms with Crippen LogP contribution in [0, 0.1) is 0 Å². The van der Waals surface area contributed by atoms with Gasteiger partial charge in [0, 0.05) is 17.1 Å². The predicted octanol–water partition coefficient (Wildman–Crippen LogP) is 3.54. The van der Waals surface area contributed by atoms with Gasteiger partial charge in [0.1, 0.15) is 0 Å². The van der Waals surface area contributed by atoms with Crippen LogP contribution < -0.4 is 5.32 Å². The average Bonchev–Trinajstić information content (AvgIpc) is 2.77. The molecule has 0 fully saturated rings. The van der Waals surface area contributed by atoms with Gasteiger partial charge in [-0.15, -0.1) is 11.3 Å². The summed E-state index contributed by atoms with van der Waals surface area (Å²) >= 11 is 1.72. The van der Waals surface area contributed by atoms with Gasteiger partial charge in [0.05, 0.1) is 5.51 Å². The Bertz CT molecular complexity index is 280. The quantitative estimate of drug-likeness (QED) is 0.717. The third-order valence-corrected chi connectivity index (χ3v) is 3.32. The molecule has 1 rings (SSSR count). The molecule has 84 valence electrons. The standard InChI is InChI=1S/C12H20N2S/c1-4-6-14-11(7-10(3)5-2)12-8-13-9-15-12/h8-9,11,14H,3-7H2,1-2H3. The maximum atomic E-state index is 4.13. The Kier molecular flexibility index (Phi) is 5.58. The van der Waals surface area contributed by atoms with Crippen molar-refractivity contribution in [2.45, 2.75) is 39.2 Å². The molecule has 1 aromatic rings. The Morgan fingerprint density at radius 2 is 2.40 bits per heavy atom. The molecule has 1 N–H and O–H groups in total. The SMILES string of the molecule is C=C(CC)CC(NCCC)c1cncs1. The van der Waals surface area contributed by atoms with Gasteiger partial charge in [0.15, 0.2) is 0 Å². The van der Waals surface area contributed by atoms with Crippen LogP contribution in [-0.2, 0) is 0 Å². The summed E-state index contributed by atoms with van der Waals surface area (Å²) < 4.78 is 0. The van der Waals surface area contributed by atoms with E-state index in [1.807, 2.05) is 11.7 Å². The van der Waals surface area contributed by atoms with Gasteiger partial charge in [0.25, 0.3) is 0 Å². The topological polar surface area (TPSA) is 24.9 Å². The van der Waals surface area contributed by atoms with Crippen molar-refractivity contribution in [1.29, 1.82) is 0 Å². The van der Waals surface area contributed by atoms with Crippen molar-refractivity contribution in [1.82, 2.24) is 10.3 Å². The molecule has 0 saturated heterocycles. The lowest BCUT2D eigenvalue weighted by atomic mass is 10.0. The fraction of sp³-hybridized carbons (Fsp3) is 0.583. The van der Waals surface area contributed by atoms with Crippen LogP contribution in [0.2, 0.25) is 0 Å². The second-order valence-electron chi connectivity index (χ2n) is 3.72. The second kappa shape index (κ2) is 6.75. The average molecular weight is 224 g/mol. The highest BCUT2D eigenvalue weighted by molar-refractivity contribution is 7.09. The normalized spacial score (nSPS) is 12.7. The number of nitrogens with zero attached hydrogens (tertiary/aromatic N) is 1. The first kappa shape index (κ1) is 12.4. The summed E-state index contributed by atoms with van der Waals surface area (Å²) in [5, 5.41) is 3.55. The molecule has 0 aliphatic carbocycles. The molecule has 0 radical (unpaired) electrons. The second-order valence-corrected chi connectivity index (χ2v) is 4.64. The molecule has 3 heteroatoms. The molecule has 1 atom stereocenters. The Balaban J connectivity index is 2.57. The van der Waals surface area contributed by atoms with Crippen LogP contribution in [0.25, 0.3) is 0 Å². The first-order valence-corrected chi connectivity index (χ1v) is 6.44. The lowest BCUT2D eigenvalue weighted by molar-refractivity contribution is 0.530. The summed E-state index contributed by atoms with van der Waals surface area (Å²) in [6.07, 6.45) is 5.21. The fourth-order valence-corrected chi connectivity index (χ4v) is 2.12. The van der Waals surface area contributed by atoms with Crippen LogP contribution in [0.5, 0.6) is 0 Å². The molecule has 1 unspecified atom stereocenters. The first-order valence-electron chi connectivity index (χ1n) is 5.56. The highest BCUT2D eigenvalue weighted by Crippen LogP contribution is 2.24. The van der Waals surface area contributed by atoms with Crippen molar-refractivity contribution in [3.63, 3.8) is 0 Å². The molecular weight excluding hydrogens is 204 g/mol. The van der Waals surface area contributed by atoms with Crippen molar-refractivity contribution in [2.24, 2.45) is 0 Å². The smallest absolute Gasteiger partial charge is 0.0794 e. The van der Waals surface area contributed by atoms with E-state index in [0.717, 1.165) is 25.8 Å². The van der Waals surface area contributed by atoms with Crippen molar-refractivity contribution in [2.75, 3.05) is 6.54 Å². The van der Waals surface area contributed by atoms with Gasteiger partial charge in [-0.25, -0.2) is 0 Å². The van der Waals surface area contributed by atoms with Gasteiger partial charge in [-0.1, -0.05) is 26.0 Å². The van der Waals surface area contributed by atoms with Gasteiger partial charge in [-0.3, -0.25) is 4.98 Å². The van der Waals surface area contributed by atoms with E-state index < -0.39 is 0 Å². The number of hydrogen-bond donors (Lipinski definition) is 1. The lowest BCUT2D eigenvalue weighted by Crippen LogP contribution is -2.21. The van der Waals surface area contributed by atoms with Gasteiger partial charge < -0.3 is 5.32 Å². The third kappa shape index (κ3) is 4.14. The molecule has 0 spiro atoms. The Hall–Kier alpha value is -0.670. The molecule has 0 saturated carbocycles. The van der Waals surface area contributed by atoms with E-state index in [1.54, 1.807) is 11.3 Å². The summed E-state index contributed by atoms with van der Waals surface area (Å²) in [7, 11) is 0. The van der Waals surface area contributed by atoms with Gasteiger partial charge in [-0.05, 0) is 25.8 Å². The molecule has 2 nitrogen and oxygen atoms in total. The minimum Gasteiger partial charge on any atom is -0.309 e. The lowest BCUT2D eigenvalue weighted by Gasteiger charge is -2.17. The van der Waals surface area contributed by atoms with E-state index >= 15 is 0 Å². The van der Waals surface area contributed by atoms with E-state index in [2.05, 4.69) is 30.7 Å². The summed E-state index contributed by atoms with van der Waals surface area (Å²) in [4.78, 5) is 5.45.